The number of amides is 2. The molecule has 4 N–H and O–H groups in total. The van der Waals surface area contributed by atoms with Gasteiger partial charge in [-0.3, -0.25) is 9.59 Å². The van der Waals surface area contributed by atoms with Crippen molar-refractivity contribution in [3.63, 3.8) is 0 Å². The smallest absolute Gasteiger partial charge is 0.270 e. The summed E-state index contributed by atoms with van der Waals surface area (Å²) in [4.78, 5) is 27.4. The molecule has 2 rings (SSSR count). The maximum atomic E-state index is 11.7. The third-order valence-electron chi connectivity index (χ3n) is 3.37. The van der Waals surface area contributed by atoms with E-state index >= 15 is 0 Å². The highest BCUT2D eigenvalue weighted by atomic mass is 35.5. The lowest BCUT2D eigenvalue weighted by Gasteiger charge is -2.23. The van der Waals surface area contributed by atoms with Crippen molar-refractivity contribution >= 4 is 35.6 Å². The standard InChI is InChI=1S/C13H20N4O2S.ClH/c14-7-11-17-10(8-20-11)13(19)16-6-2-5-15-12(18)9-3-1-4-9;/h8-9H,1-7,14H2,(H,15,18)(H,16,19);1H. The van der Waals surface area contributed by atoms with Crippen molar-refractivity contribution in [2.45, 2.75) is 32.2 Å². The number of carbonyl (C=O) groups is 2. The number of nitrogens with zero attached hydrogens (tertiary/aromatic N) is 1. The van der Waals surface area contributed by atoms with Crippen molar-refractivity contribution in [2.75, 3.05) is 13.1 Å². The summed E-state index contributed by atoms with van der Waals surface area (Å²) in [6.07, 6.45) is 3.90. The molecular formula is C13H21ClN4O2S. The van der Waals surface area contributed by atoms with E-state index in [4.69, 9.17) is 5.73 Å². The topological polar surface area (TPSA) is 97.1 Å². The van der Waals surface area contributed by atoms with Crippen molar-refractivity contribution in [2.24, 2.45) is 11.7 Å². The fourth-order valence-electron chi connectivity index (χ4n) is 1.92. The minimum absolute atomic E-state index is 0. The Bertz CT molecular complexity index is 476. The molecule has 0 radical (unpaired) electrons. The van der Waals surface area contributed by atoms with Crippen LogP contribution in [0.1, 0.15) is 41.2 Å². The molecule has 1 aromatic rings. The largest absolute Gasteiger partial charge is 0.356 e. The molecule has 118 valence electrons. The number of hydrogen-bond acceptors (Lipinski definition) is 5. The van der Waals surface area contributed by atoms with E-state index in [0.29, 0.717) is 25.3 Å². The molecule has 0 bridgehead atoms. The van der Waals surface area contributed by atoms with Crippen molar-refractivity contribution in [1.82, 2.24) is 15.6 Å². The number of thiazole rings is 1. The average molecular weight is 333 g/mol. The number of nitrogens with two attached hydrogens (primary N) is 1. The Balaban J connectivity index is 0.00000220. The van der Waals surface area contributed by atoms with Gasteiger partial charge in [0.1, 0.15) is 10.7 Å². The fraction of sp³-hybridized carbons (Fsp3) is 0.615. The van der Waals surface area contributed by atoms with Crippen molar-refractivity contribution in [3.05, 3.63) is 16.1 Å². The lowest BCUT2D eigenvalue weighted by Crippen LogP contribution is -2.36. The monoisotopic (exact) mass is 332 g/mol. The Kier molecular flexibility index (Phi) is 7.63. The number of carbonyl (C=O) groups excluding carboxylic acids is 2. The van der Waals surface area contributed by atoms with Crippen LogP contribution in [0.4, 0.5) is 0 Å². The quantitative estimate of drug-likeness (QED) is 0.650. The summed E-state index contributed by atoms with van der Waals surface area (Å²) in [5, 5.41) is 8.13. The van der Waals surface area contributed by atoms with Crippen LogP contribution in [0, 0.1) is 5.92 Å². The summed E-state index contributed by atoms with van der Waals surface area (Å²) in [5.74, 6) is 0.176. The zero-order valence-corrected chi connectivity index (χ0v) is 13.4. The Morgan fingerprint density at radius 3 is 2.62 bits per heavy atom. The highest BCUT2D eigenvalue weighted by molar-refractivity contribution is 7.09. The van der Waals surface area contributed by atoms with Crippen LogP contribution in [0.2, 0.25) is 0 Å². The number of hydrogen-bond donors (Lipinski definition) is 3. The maximum absolute atomic E-state index is 11.7. The maximum Gasteiger partial charge on any atom is 0.270 e. The molecule has 6 nitrogen and oxygen atoms in total. The lowest BCUT2D eigenvalue weighted by molar-refractivity contribution is -0.127. The Morgan fingerprint density at radius 1 is 1.33 bits per heavy atom. The minimum atomic E-state index is -0.189. The molecule has 2 amide bonds. The van der Waals surface area contributed by atoms with Crippen molar-refractivity contribution < 1.29 is 9.59 Å². The van der Waals surface area contributed by atoms with Gasteiger partial charge in [-0.1, -0.05) is 6.42 Å². The molecule has 1 aromatic heterocycles. The molecule has 1 aliphatic rings. The van der Waals surface area contributed by atoms with E-state index < -0.39 is 0 Å². The normalized spacial score (nSPS) is 14.0. The second kappa shape index (κ2) is 8.96. The summed E-state index contributed by atoms with van der Waals surface area (Å²) in [5.41, 5.74) is 5.86. The van der Waals surface area contributed by atoms with Crippen LogP contribution in [-0.2, 0) is 11.3 Å². The first-order chi connectivity index (χ1) is 9.70. The Labute approximate surface area is 134 Å². The Hall–Kier alpha value is -1.18. The summed E-state index contributed by atoms with van der Waals surface area (Å²) in [6.45, 7) is 1.48. The van der Waals surface area contributed by atoms with Crippen LogP contribution in [0.5, 0.6) is 0 Å². The summed E-state index contributed by atoms with van der Waals surface area (Å²) in [6, 6.07) is 0. The molecule has 0 atom stereocenters. The van der Waals surface area contributed by atoms with E-state index in [2.05, 4.69) is 15.6 Å². The molecule has 0 aliphatic heterocycles. The van der Waals surface area contributed by atoms with Gasteiger partial charge in [0.15, 0.2) is 0 Å². The van der Waals surface area contributed by atoms with Gasteiger partial charge in [0.2, 0.25) is 5.91 Å². The zero-order chi connectivity index (χ0) is 14.4. The van der Waals surface area contributed by atoms with E-state index in [9.17, 15) is 9.59 Å². The second-order valence-corrected chi connectivity index (χ2v) is 5.80. The number of rotatable bonds is 7. The van der Waals surface area contributed by atoms with Gasteiger partial charge in [-0.25, -0.2) is 4.98 Å². The molecule has 0 spiro atoms. The van der Waals surface area contributed by atoms with Crippen LogP contribution < -0.4 is 16.4 Å². The van der Waals surface area contributed by atoms with E-state index in [-0.39, 0.29) is 30.1 Å². The van der Waals surface area contributed by atoms with Crippen LogP contribution in [0.3, 0.4) is 0 Å². The van der Waals surface area contributed by atoms with Gasteiger partial charge in [-0.2, -0.15) is 0 Å². The van der Waals surface area contributed by atoms with Crippen molar-refractivity contribution in [3.8, 4) is 0 Å². The highest BCUT2D eigenvalue weighted by Crippen LogP contribution is 2.25. The molecule has 0 saturated heterocycles. The van der Waals surface area contributed by atoms with Gasteiger partial charge >= 0.3 is 0 Å². The molecule has 21 heavy (non-hydrogen) atoms. The molecule has 1 heterocycles. The summed E-state index contributed by atoms with van der Waals surface area (Å²) < 4.78 is 0. The summed E-state index contributed by atoms with van der Waals surface area (Å²) >= 11 is 1.38. The number of halogens is 1. The van der Waals surface area contributed by atoms with Crippen LogP contribution in [0.25, 0.3) is 0 Å². The average Bonchev–Trinajstić information content (AvgIpc) is 2.84. The Morgan fingerprint density at radius 2 is 2.05 bits per heavy atom. The van der Waals surface area contributed by atoms with E-state index in [1.165, 1.54) is 11.3 Å². The van der Waals surface area contributed by atoms with E-state index in [1.807, 2.05) is 0 Å². The first-order valence-corrected chi connectivity index (χ1v) is 7.79. The van der Waals surface area contributed by atoms with E-state index in [1.54, 1.807) is 5.38 Å². The van der Waals surface area contributed by atoms with Gasteiger partial charge in [-0.05, 0) is 19.3 Å². The SMILES string of the molecule is Cl.NCc1nc(C(=O)NCCCNC(=O)C2CCC2)cs1. The van der Waals surface area contributed by atoms with Gasteiger partial charge in [0.05, 0.1) is 0 Å². The highest BCUT2D eigenvalue weighted by Gasteiger charge is 2.24. The minimum Gasteiger partial charge on any atom is -0.356 e. The predicted molar refractivity (Wildman–Crippen MR) is 84.6 cm³/mol. The summed E-state index contributed by atoms with van der Waals surface area (Å²) in [7, 11) is 0. The zero-order valence-electron chi connectivity index (χ0n) is 11.8. The number of aromatic nitrogens is 1. The third kappa shape index (κ3) is 5.26. The first-order valence-electron chi connectivity index (χ1n) is 6.91. The van der Waals surface area contributed by atoms with Crippen molar-refractivity contribution in [1.29, 1.82) is 0 Å². The van der Waals surface area contributed by atoms with E-state index in [0.717, 1.165) is 30.7 Å². The molecular weight excluding hydrogens is 312 g/mol. The molecule has 1 aliphatic carbocycles. The van der Waals surface area contributed by atoms with Gasteiger partial charge in [-0.15, -0.1) is 23.7 Å². The molecule has 1 fully saturated rings. The molecule has 8 heteroatoms. The first kappa shape index (κ1) is 17.9. The fourth-order valence-corrected chi connectivity index (χ4v) is 2.57. The van der Waals surface area contributed by atoms with Gasteiger partial charge in [0, 0.05) is 30.9 Å². The molecule has 1 saturated carbocycles. The number of nitrogens with one attached hydrogen (secondary N) is 2. The molecule has 0 aromatic carbocycles. The van der Waals surface area contributed by atoms with Crippen LogP contribution >= 0.6 is 23.7 Å². The van der Waals surface area contributed by atoms with Gasteiger partial charge in [0.25, 0.3) is 5.91 Å². The van der Waals surface area contributed by atoms with Crippen LogP contribution in [-0.4, -0.2) is 29.9 Å². The lowest BCUT2D eigenvalue weighted by atomic mass is 9.85. The van der Waals surface area contributed by atoms with Crippen LogP contribution in [0.15, 0.2) is 5.38 Å². The second-order valence-electron chi connectivity index (χ2n) is 4.86. The predicted octanol–water partition coefficient (Wildman–Crippen LogP) is 1.06. The molecule has 0 unspecified atom stereocenters. The van der Waals surface area contributed by atoms with Gasteiger partial charge < -0.3 is 16.4 Å². The third-order valence-corrected chi connectivity index (χ3v) is 4.24.